The van der Waals surface area contributed by atoms with E-state index in [4.69, 9.17) is 34.8 Å². The van der Waals surface area contributed by atoms with Crippen molar-refractivity contribution in [3.63, 3.8) is 0 Å². The highest BCUT2D eigenvalue weighted by Crippen LogP contribution is 2.66. The van der Waals surface area contributed by atoms with Crippen LogP contribution in [0.4, 0.5) is 0 Å². The minimum Gasteiger partial charge on any atom is -0.385 e. The summed E-state index contributed by atoms with van der Waals surface area (Å²) < 4.78 is -1.74. The number of rotatable bonds is 0. The molecule has 4 aliphatic rings. The van der Waals surface area contributed by atoms with E-state index in [0.29, 0.717) is 31.5 Å². The maximum Gasteiger partial charge on any atom is 0.218 e. The molecule has 4 aliphatic carbocycles. The maximum atomic E-state index is 13.2. The number of Topliss-reactive ketones (excluding diaryl/α,β-unsaturated/α-hetero) is 2. The lowest BCUT2D eigenvalue weighted by Crippen LogP contribution is -2.60. The standard InChI is InChI=1S/C20H27Cl3O3/c1-17-7-8-19(26,20(21,22)23)10-11(17)9-14(24)16-12-3-4-15(25)18(12,2)6-5-13(16)17/h11-13,16,26H,3-10H2,1-2H3/t11-,12-,13-,16-,17+,18+,19+/m1/s1. The molecule has 0 heterocycles. The number of hydrogen-bond acceptors (Lipinski definition) is 3. The number of carbonyl (C=O) groups is 2. The largest absolute Gasteiger partial charge is 0.385 e. The van der Waals surface area contributed by atoms with Crippen molar-refractivity contribution < 1.29 is 14.7 Å². The predicted molar refractivity (Wildman–Crippen MR) is 102 cm³/mol. The Balaban J connectivity index is 1.66. The molecule has 146 valence electrons. The molecule has 4 rings (SSSR count). The Morgan fingerprint density at radius 3 is 2.38 bits per heavy atom. The van der Waals surface area contributed by atoms with E-state index in [1.165, 1.54) is 0 Å². The summed E-state index contributed by atoms with van der Waals surface area (Å²) in [4.78, 5) is 25.7. The van der Waals surface area contributed by atoms with Gasteiger partial charge < -0.3 is 5.11 Å². The van der Waals surface area contributed by atoms with Gasteiger partial charge in [0.2, 0.25) is 3.79 Å². The molecule has 4 saturated carbocycles. The number of aliphatic hydroxyl groups is 1. The Labute approximate surface area is 170 Å². The first-order valence-electron chi connectivity index (χ1n) is 9.77. The zero-order valence-electron chi connectivity index (χ0n) is 15.4. The van der Waals surface area contributed by atoms with E-state index in [1.54, 1.807) is 0 Å². The summed E-state index contributed by atoms with van der Waals surface area (Å²) in [6.45, 7) is 4.34. The quantitative estimate of drug-likeness (QED) is 0.567. The van der Waals surface area contributed by atoms with Gasteiger partial charge in [0.25, 0.3) is 0 Å². The molecule has 0 aliphatic heterocycles. The summed E-state index contributed by atoms with van der Waals surface area (Å²) in [5.41, 5.74) is -1.72. The topological polar surface area (TPSA) is 54.4 Å². The third-order valence-corrected chi connectivity index (χ3v) is 9.82. The maximum absolute atomic E-state index is 13.2. The molecule has 0 unspecified atom stereocenters. The van der Waals surface area contributed by atoms with Crippen LogP contribution >= 0.6 is 34.8 Å². The van der Waals surface area contributed by atoms with Gasteiger partial charge in [0.05, 0.1) is 0 Å². The fourth-order valence-electron chi connectivity index (χ4n) is 6.96. The van der Waals surface area contributed by atoms with Crippen LogP contribution in [0.3, 0.4) is 0 Å². The van der Waals surface area contributed by atoms with Crippen molar-refractivity contribution in [2.45, 2.75) is 74.6 Å². The van der Waals surface area contributed by atoms with Crippen LogP contribution in [0.1, 0.15) is 65.2 Å². The molecule has 0 spiro atoms. The van der Waals surface area contributed by atoms with Gasteiger partial charge in [-0.05, 0) is 61.7 Å². The third-order valence-electron chi connectivity index (χ3n) is 8.77. The van der Waals surface area contributed by atoms with E-state index >= 15 is 0 Å². The van der Waals surface area contributed by atoms with Crippen molar-refractivity contribution in [1.82, 2.24) is 0 Å². The van der Waals surface area contributed by atoms with Crippen LogP contribution < -0.4 is 0 Å². The minimum atomic E-state index is -1.74. The second-order valence-electron chi connectivity index (χ2n) is 9.76. The Hall–Kier alpha value is 0.170. The number of ketones is 2. The Morgan fingerprint density at radius 2 is 1.73 bits per heavy atom. The van der Waals surface area contributed by atoms with Gasteiger partial charge in [0.15, 0.2) is 0 Å². The molecule has 0 saturated heterocycles. The number of halogens is 3. The van der Waals surface area contributed by atoms with Crippen molar-refractivity contribution >= 4 is 46.4 Å². The molecule has 0 amide bonds. The fraction of sp³-hybridized carbons (Fsp3) is 0.900. The van der Waals surface area contributed by atoms with Crippen LogP contribution in [0.25, 0.3) is 0 Å². The van der Waals surface area contributed by atoms with E-state index in [1.807, 2.05) is 0 Å². The first kappa shape index (κ1) is 19.5. The predicted octanol–water partition coefficient (Wildman–Crippen LogP) is 4.88. The van der Waals surface area contributed by atoms with Crippen LogP contribution in [-0.2, 0) is 9.59 Å². The van der Waals surface area contributed by atoms with Crippen molar-refractivity contribution in [2.75, 3.05) is 0 Å². The Morgan fingerprint density at radius 1 is 1.04 bits per heavy atom. The van der Waals surface area contributed by atoms with Gasteiger partial charge in [-0.3, -0.25) is 9.59 Å². The third kappa shape index (κ3) is 2.49. The Kier molecular flexibility index (Phi) is 4.38. The lowest BCUT2D eigenvalue weighted by Gasteiger charge is -2.61. The number of hydrogen-bond donors (Lipinski definition) is 1. The number of carbonyl (C=O) groups excluding carboxylic acids is 2. The van der Waals surface area contributed by atoms with E-state index in [0.717, 1.165) is 25.7 Å². The van der Waals surface area contributed by atoms with Crippen molar-refractivity contribution in [3.8, 4) is 0 Å². The van der Waals surface area contributed by atoms with Gasteiger partial charge in [-0.1, -0.05) is 48.7 Å². The van der Waals surface area contributed by atoms with Gasteiger partial charge >= 0.3 is 0 Å². The summed E-state index contributed by atoms with van der Waals surface area (Å²) in [6.07, 6.45) is 5.24. The van der Waals surface area contributed by atoms with Gasteiger partial charge in [-0.25, -0.2) is 0 Å². The van der Waals surface area contributed by atoms with Gasteiger partial charge in [0.1, 0.15) is 17.2 Å². The SMILES string of the molecule is C[C@]12CC[C@@](O)(C(Cl)(Cl)Cl)C[C@H]1CC(=O)[C@H]1[C@H]2CC[C@]2(C)C(=O)CC[C@H]12. The van der Waals surface area contributed by atoms with Crippen molar-refractivity contribution in [1.29, 1.82) is 0 Å². The van der Waals surface area contributed by atoms with Gasteiger partial charge in [0, 0.05) is 24.2 Å². The first-order chi connectivity index (χ1) is 11.9. The lowest BCUT2D eigenvalue weighted by atomic mass is 9.44. The summed E-state index contributed by atoms with van der Waals surface area (Å²) in [5, 5.41) is 10.9. The van der Waals surface area contributed by atoms with Crippen LogP contribution in [0, 0.1) is 34.5 Å². The molecule has 4 fully saturated rings. The first-order valence-corrected chi connectivity index (χ1v) is 10.9. The van der Waals surface area contributed by atoms with Crippen LogP contribution in [0.2, 0.25) is 0 Å². The summed E-state index contributed by atoms with van der Waals surface area (Å²) >= 11 is 18.2. The molecule has 0 bridgehead atoms. The smallest absolute Gasteiger partial charge is 0.218 e. The number of alkyl halides is 3. The summed E-state index contributed by atoms with van der Waals surface area (Å²) in [6, 6.07) is 0. The van der Waals surface area contributed by atoms with E-state index in [9.17, 15) is 14.7 Å². The molecule has 0 aromatic carbocycles. The molecule has 0 radical (unpaired) electrons. The highest BCUT2D eigenvalue weighted by atomic mass is 35.6. The lowest BCUT2D eigenvalue weighted by molar-refractivity contribution is -0.167. The van der Waals surface area contributed by atoms with E-state index in [2.05, 4.69) is 13.8 Å². The summed E-state index contributed by atoms with van der Waals surface area (Å²) in [7, 11) is 0. The van der Waals surface area contributed by atoms with E-state index < -0.39 is 9.39 Å². The van der Waals surface area contributed by atoms with Gasteiger partial charge in [-0.15, -0.1) is 0 Å². The monoisotopic (exact) mass is 420 g/mol. The zero-order chi connectivity index (χ0) is 19.1. The van der Waals surface area contributed by atoms with Crippen LogP contribution in [0.15, 0.2) is 0 Å². The number of fused-ring (bicyclic) bond motifs is 5. The van der Waals surface area contributed by atoms with Crippen LogP contribution in [-0.4, -0.2) is 26.1 Å². The molecular formula is C20H27Cl3O3. The molecule has 1 N–H and O–H groups in total. The average molecular weight is 422 g/mol. The minimum absolute atomic E-state index is 0.0135. The molecule has 0 aromatic heterocycles. The average Bonchev–Trinajstić information content (AvgIpc) is 2.84. The van der Waals surface area contributed by atoms with E-state index in [-0.39, 0.29) is 40.3 Å². The van der Waals surface area contributed by atoms with Gasteiger partial charge in [-0.2, -0.15) is 0 Å². The normalized spacial score (nSPS) is 51.6. The molecule has 0 aromatic rings. The second-order valence-corrected chi connectivity index (χ2v) is 12.0. The zero-order valence-corrected chi connectivity index (χ0v) is 17.6. The molecule has 26 heavy (non-hydrogen) atoms. The van der Waals surface area contributed by atoms with Crippen LogP contribution in [0.5, 0.6) is 0 Å². The molecule has 7 atom stereocenters. The highest BCUT2D eigenvalue weighted by Gasteiger charge is 2.65. The van der Waals surface area contributed by atoms with Crippen molar-refractivity contribution in [2.24, 2.45) is 34.5 Å². The fourth-order valence-corrected chi connectivity index (χ4v) is 7.47. The molecular weight excluding hydrogens is 395 g/mol. The highest BCUT2D eigenvalue weighted by molar-refractivity contribution is 6.68. The Bertz CT molecular complexity index is 659. The summed E-state index contributed by atoms with van der Waals surface area (Å²) in [5.74, 6) is 1.09. The van der Waals surface area contributed by atoms with Crippen molar-refractivity contribution in [3.05, 3.63) is 0 Å². The molecule has 6 heteroatoms. The molecule has 3 nitrogen and oxygen atoms in total. The second kappa shape index (κ2) is 5.84.